The van der Waals surface area contributed by atoms with Gasteiger partial charge in [-0.1, -0.05) is 31.4 Å². The SMILES string of the molecule is CCOC1CCN(C(=NC)NCc2cccc(NC(=O)C3CCCCC3)c2)CC1. The predicted octanol–water partition coefficient (Wildman–Crippen LogP) is 3.78. The van der Waals surface area contributed by atoms with Gasteiger partial charge in [-0.15, -0.1) is 0 Å². The van der Waals surface area contributed by atoms with Crippen LogP contribution in [-0.2, 0) is 16.1 Å². The number of aliphatic imine (C=N–C) groups is 1. The predicted molar refractivity (Wildman–Crippen MR) is 118 cm³/mol. The molecule has 1 saturated heterocycles. The molecule has 1 aliphatic heterocycles. The molecule has 29 heavy (non-hydrogen) atoms. The van der Waals surface area contributed by atoms with Crippen LogP contribution in [0.2, 0.25) is 0 Å². The molecule has 0 aromatic heterocycles. The Morgan fingerprint density at radius 2 is 1.93 bits per heavy atom. The van der Waals surface area contributed by atoms with Gasteiger partial charge in [0.2, 0.25) is 5.91 Å². The first kappa shape index (κ1) is 21.6. The third kappa shape index (κ3) is 6.46. The number of piperidine rings is 1. The summed E-state index contributed by atoms with van der Waals surface area (Å²) in [5, 5.41) is 6.58. The smallest absolute Gasteiger partial charge is 0.227 e. The number of carbonyl (C=O) groups excluding carboxylic acids is 1. The number of guanidine groups is 1. The standard InChI is InChI=1S/C23H36N4O2/c1-3-29-21-12-14-27(15-13-21)23(24-2)25-17-18-8-7-11-20(16-18)26-22(28)19-9-5-4-6-10-19/h7-8,11,16,19,21H,3-6,9-10,12-15,17H2,1-2H3,(H,24,25)(H,26,28). The Bertz CT molecular complexity index is 677. The fraction of sp³-hybridized carbons (Fsp3) is 0.652. The summed E-state index contributed by atoms with van der Waals surface area (Å²) in [5.74, 6) is 1.27. The topological polar surface area (TPSA) is 66.0 Å². The number of rotatable bonds is 6. The van der Waals surface area contributed by atoms with Gasteiger partial charge in [0.1, 0.15) is 0 Å². The molecule has 1 aromatic rings. The van der Waals surface area contributed by atoms with Crippen molar-refractivity contribution in [3.8, 4) is 0 Å². The summed E-state index contributed by atoms with van der Waals surface area (Å²) in [6.07, 6.45) is 8.08. The number of likely N-dealkylation sites (tertiary alicyclic amines) is 1. The minimum Gasteiger partial charge on any atom is -0.378 e. The molecule has 0 bridgehead atoms. The highest BCUT2D eigenvalue weighted by Gasteiger charge is 2.22. The number of nitrogens with zero attached hydrogens (tertiary/aromatic N) is 2. The Hall–Kier alpha value is -2.08. The average Bonchev–Trinajstić information content (AvgIpc) is 2.76. The molecule has 3 rings (SSSR count). The van der Waals surface area contributed by atoms with Crippen LogP contribution in [0, 0.1) is 5.92 Å². The van der Waals surface area contributed by atoms with Crippen molar-refractivity contribution in [1.82, 2.24) is 10.2 Å². The normalized spacial score (nSPS) is 19.2. The van der Waals surface area contributed by atoms with Crippen molar-refractivity contribution >= 4 is 17.6 Å². The highest BCUT2D eigenvalue weighted by molar-refractivity contribution is 5.92. The quantitative estimate of drug-likeness (QED) is 0.563. The van der Waals surface area contributed by atoms with Gasteiger partial charge < -0.3 is 20.3 Å². The maximum atomic E-state index is 12.5. The Labute approximate surface area is 175 Å². The molecule has 0 spiro atoms. The summed E-state index contributed by atoms with van der Waals surface area (Å²) < 4.78 is 5.74. The van der Waals surface area contributed by atoms with Crippen molar-refractivity contribution in [2.24, 2.45) is 10.9 Å². The molecule has 0 radical (unpaired) electrons. The van der Waals surface area contributed by atoms with Gasteiger partial charge in [0, 0.05) is 44.9 Å². The van der Waals surface area contributed by atoms with E-state index in [2.05, 4.69) is 39.6 Å². The molecule has 1 aliphatic carbocycles. The number of amides is 1. The minimum atomic E-state index is 0.169. The zero-order chi connectivity index (χ0) is 20.5. The van der Waals surface area contributed by atoms with Crippen LogP contribution in [0.5, 0.6) is 0 Å². The highest BCUT2D eigenvalue weighted by atomic mass is 16.5. The lowest BCUT2D eigenvalue weighted by atomic mass is 9.88. The molecule has 1 aromatic carbocycles. The summed E-state index contributed by atoms with van der Waals surface area (Å²) in [4.78, 5) is 19.3. The van der Waals surface area contributed by atoms with Crippen LogP contribution in [0.4, 0.5) is 5.69 Å². The van der Waals surface area contributed by atoms with E-state index in [-0.39, 0.29) is 11.8 Å². The largest absolute Gasteiger partial charge is 0.378 e. The van der Waals surface area contributed by atoms with Crippen molar-refractivity contribution in [3.05, 3.63) is 29.8 Å². The number of carbonyl (C=O) groups is 1. The summed E-state index contributed by atoms with van der Waals surface area (Å²) >= 11 is 0. The molecule has 1 amide bonds. The van der Waals surface area contributed by atoms with Gasteiger partial charge in [-0.25, -0.2) is 0 Å². The van der Waals surface area contributed by atoms with E-state index in [1.54, 1.807) is 0 Å². The van der Waals surface area contributed by atoms with Crippen molar-refractivity contribution in [1.29, 1.82) is 0 Å². The number of benzene rings is 1. The fourth-order valence-corrected chi connectivity index (χ4v) is 4.35. The monoisotopic (exact) mass is 400 g/mol. The van der Waals surface area contributed by atoms with E-state index in [4.69, 9.17) is 4.74 Å². The maximum absolute atomic E-state index is 12.5. The van der Waals surface area contributed by atoms with Crippen molar-refractivity contribution in [3.63, 3.8) is 0 Å². The molecule has 2 N–H and O–H groups in total. The third-order valence-electron chi connectivity index (χ3n) is 5.98. The Morgan fingerprint density at radius 3 is 2.62 bits per heavy atom. The first-order valence-electron chi connectivity index (χ1n) is 11.2. The number of hydrogen-bond acceptors (Lipinski definition) is 3. The molecule has 1 saturated carbocycles. The molecular weight excluding hydrogens is 364 g/mol. The molecule has 6 nitrogen and oxygen atoms in total. The summed E-state index contributed by atoms with van der Waals surface area (Å²) in [6.45, 7) is 5.44. The zero-order valence-electron chi connectivity index (χ0n) is 18.0. The second kappa shape index (κ2) is 11.2. The fourth-order valence-electron chi connectivity index (χ4n) is 4.35. The molecule has 2 fully saturated rings. The van der Waals surface area contributed by atoms with Gasteiger partial charge in [-0.2, -0.15) is 0 Å². The number of ether oxygens (including phenoxy) is 1. The van der Waals surface area contributed by atoms with E-state index in [0.29, 0.717) is 12.6 Å². The molecule has 1 heterocycles. The lowest BCUT2D eigenvalue weighted by Crippen LogP contribution is -2.46. The van der Waals surface area contributed by atoms with Gasteiger partial charge in [0.15, 0.2) is 5.96 Å². The summed E-state index contributed by atoms with van der Waals surface area (Å²) in [7, 11) is 1.83. The number of anilines is 1. The first-order chi connectivity index (χ1) is 14.2. The van der Waals surface area contributed by atoms with E-state index in [0.717, 1.165) is 62.6 Å². The van der Waals surface area contributed by atoms with Gasteiger partial charge in [0.25, 0.3) is 0 Å². The van der Waals surface area contributed by atoms with Crippen LogP contribution in [0.15, 0.2) is 29.3 Å². The van der Waals surface area contributed by atoms with Crippen LogP contribution in [0.25, 0.3) is 0 Å². The van der Waals surface area contributed by atoms with E-state index >= 15 is 0 Å². The Balaban J connectivity index is 1.50. The summed E-state index contributed by atoms with van der Waals surface area (Å²) in [6, 6.07) is 8.11. The van der Waals surface area contributed by atoms with Crippen LogP contribution in [0.1, 0.15) is 57.4 Å². The van der Waals surface area contributed by atoms with Crippen LogP contribution < -0.4 is 10.6 Å². The van der Waals surface area contributed by atoms with Crippen molar-refractivity contribution in [2.75, 3.05) is 32.1 Å². The Morgan fingerprint density at radius 1 is 1.17 bits per heavy atom. The Kier molecular flexibility index (Phi) is 8.35. The summed E-state index contributed by atoms with van der Waals surface area (Å²) in [5.41, 5.74) is 2.02. The molecule has 0 unspecified atom stereocenters. The second-order valence-electron chi connectivity index (χ2n) is 8.07. The third-order valence-corrected chi connectivity index (χ3v) is 5.98. The van der Waals surface area contributed by atoms with E-state index in [1.807, 2.05) is 19.2 Å². The molecule has 0 atom stereocenters. The molecular formula is C23H36N4O2. The zero-order valence-corrected chi connectivity index (χ0v) is 18.0. The van der Waals surface area contributed by atoms with Gasteiger partial charge in [-0.05, 0) is 50.3 Å². The molecule has 2 aliphatic rings. The first-order valence-corrected chi connectivity index (χ1v) is 11.2. The maximum Gasteiger partial charge on any atom is 0.227 e. The van der Waals surface area contributed by atoms with Crippen LogP contribution in [0.3, 0.4) is 0 Å². The molecule has 160 valence electrons. The number of hydrogen-bond donors (Lipinski definition) is 2. The minimum absolute atomic E-state index is 0.169. The van der Waals surface area contributed by atoms with E-state index in [9.17, 15) is 4.79 Å². The van der Waals surface area contributed by atoms with Gasteiger partial charge in [-0.3, -0.25) is 9.79 Å². The lowest BCUT2D eigenvalue weighted by molar-refractivity contribution is -0.120. The lowest BCUT2D eigenvalue weighted by Gasteiger charge is -2.34. The highest BCUT2D eigenvalue weighted by Crippen LogP contribution is 2.25. The van der Waals surface area contributed by atoms with E-state index in [1.165, 1.54) is 19.3 Å². The number of nitrogens with one attached hydrogen (secondary N) is 2. The van der Waals surface area contributed by atoms with Gasteiger partial charge >= 0.3 is 0 Å². The van der Waals surface area contributed by atoms with Crippen LogP contribution >= 0.6 is 0 Å². The van der Waals surface area contributed by atoms with Crippen molar-refractivity contribution < 1.29 is 9.53 Å². The van der Waals surface area contributed by atoms with E-state index < -0.39 is 0 Å². The molecule has 6 heteroatoms. The van der Waals surface area contributed by atoms with Crippen LogP contribution in [-0.4, -0.2) is 49.6 Å². The van der Waals surface area contributed by atoms with Crippen molar-refractivity contribution in [2.45, 2.75) is 64.5 Å². The average molecular weight is 401 g/mol. The van der Waals surface area contributed by atoms with Gasteiger partial charge in [0.05, 0.1) is 6.10 Å². The second-order valence-corrected chi connectivity index (χ2v) is 8.07.